The van der Waals surface area contributed by atoms with Crippen molar-refractivity contribution < 1.29 is 4.79 Å². The van der Waals surface area contributed by atoms with Crippen LogP contribution >= 0.6 is 12.2 Å². The predicted molar refractivity (Wildman–Crippen MR) is 97.1 cm³/mol. The summed E-state index contributed by atoms with van der Waals surface area (Å²) in [6.07, 6.45) is 0. The Morgan fingerprint density at radius 2 is 1.36 bits per heavy atom. The molecule has 0 aromatic heterocycles. The average molecular weight is 313 g/mol. The fourth-order valence-electron chi connectivity index (χ4n) is 1.92. The Morgan fingerprint density at radius 1 is 0.909 bits per heavy atom. The highest BCUT2D eigenvalue weighted by atomic mass is 32.1. The smallest absolute Gasteiger partial charge is 0.175 e. The second-order valence-electron chi connectivity index (χ2n) is 5.15. The summed E-state index contributed by atoms with van der Waals surface area (Å²) in [7, 11) is 4.00. The topological polar surface area (TPSA) is 44.4 Å². The third-order valence-electron chi connectivity index (χ3n) is 3.19. The molecule has 0 spiro atoms. The molecule has 2 rings (SSSR count). The van der Waals surface area contributed by atoms with E-state index in [-0.39, 0.29) is 5.78 Å². The summed E-state index contributed by atoms with van der Waals surface area (Å²) in [5, 5.41) is 6.73. The molecule has 4 nitrogen and oxygen atoms in total. The van der Waals surface area contributed by atoms with Crippen LogP contribution < -0.4 is 15.5 Å². The van der Waals surface area contributed by atoms with Crippen LogP contribution in [-0.4, -0.2) is 25.0 Å². The molecule has 2 N–H and O–H groups in total. The van der Waals surface area contributed by atoms with E-state index in [0.717, 1.165) is 17.1 Å². The lowest BCUT2D eigenvalue weighted by Gasteiger charge is -2.14. The zero-order chi connectivity index (χ0) is 16.1. The molecule has 0 heterocycles. The molecule has 0 saturated heterocycles. The normalized spacial score (nSPS) is 9.95. The van der Waals surface area contributed by atoms with Crippen LogP contribution in [0.4, 0.5) is 17.1 Å². The first-order valence-electron chi connectivity index (χ1n) is 6.92. The molecule has 114 valence electrons. The van der Waals surface area contributed by atoms with Crippen LogP contribution in [0.5, 0.6) is 0 Å². The van der Waals surface area contributed by atoms with Gasteiger partial charge in [-0.05, 0) is 67.7 Å². The monoisotopic (exact) mass is 313 g/mol. The lowest BCUT2D eigenvalue weighted by atomic mass is 10.1. The molecule has 0 unspecified atom stereocenters. The first-order valence-corrected chi connectivity index (χ1v) is 7.33. The average Bonchev–Trinajstić information content (AvgIpc) is 2.48. The van der Waals surface area contributed by atoms with Gasteiger partial charge >= 0.3 is 0 Å². The van der Waals surface area contributed by atoms with Gasteiger partial charge in [0.05, 0.1) is 0 Å². The van der Waals surface area contributed by atoms with Crippen LogP contribution in [0.15, 0.2) is 48.5 Å². The second-order valence-corrected chi connectivity index (χ2v) is 5.56. The number of hydrogen-bond acceptors (Lipinski definition) is 3. The minimum atomic E-state index is 0.0493. The van der Waals surface area contributed by atoms with Crippen molar-refractivity contribution in [2.24, 2.45) is 0 Å². The van der Waals surface area contributed by atoms with Crippen molar-refractivity contribution in [3.8, 4) is 0 Å². The van der Waals surface area contributed by atoms with Gasteiger partial charge in [0.1, 0.15) is 0 Å². The third kappa shape index (κ3) is 4.30. The largest absolute Gasteiger partial charge is 0.378 e. The highest BCUT2D eigenvalue weighted by Crippen LogP contribution is 2.16. The van der Waals surface area contributed by atoms with Crippen LogP contribution in [0.25, 0.3) is 0 Å². The summed E-state index contributed by atoms with van der Waals surface area (Å²) in [5.74, 6) is 0.0493. The Balaban J connectivity index is 1.96. The molecular weight excluding hydrogens is 294 g/mol. The number of carbonyl (C=O) groups is 1. The molecule has 22 heavy (non-hydrogen) atoms. The SMILES string of the molecule is CC(=O)c1ccc(NC(=S)Nc2ccc(N(C)C)cc2)cc1. The van der Waals surface area contributed by atoms with Gasteiger partial charge in [-0.25, -0.2) is 0 Å². The molecule has 0 aliphatic heterocycles. The van der Waals surface area contributed by atoms with E-state index in [4.69, 9.17) is 12.2 Å². The second kappa shape index (κ2) is 7.04. The van der Waals surface area contributed by atoms with Gasteiger partial charge in [-0.1, -0.05) is 0 Å². The van der Waals surface area contributed by atoms with Gasteiger partial charge in [-0.2, -0.15) is 0 Å². The maximum Gasteiger partial charge on any atom is 0.175 e. The first kappa shape index (κ1) is 16.0. The number of benzene rings is 2. The van der Waals surface area contributed by atoms with Crippen molar-refractivity contribution in [3.63, 3.8) is 0 Å². The summed E-state index contributed by atoms with van der Waals surface area (Å²) >= 11 is 5.29. The van der Waals surface area contributed by atoms with E-state index in [0.29, 0.717) is 10.7 Å². The van der Waals surface area contributed by atoms with Crippen LogP contribution in [0.1, 0.15) is 17.3 Å². The lowest BCUT2D eigenvalue weighted by molar-refractivity contribution is 0.101. The van der Waals surface area contributed by atoms with Gasteiger partial charge in [-0.15, -0.1) is 0 Å². The minimum absolute atomic E-state index is 0.0493. The molecular formula is C17H19N3OS. The first-order chi connectivity index (χ1) is 10.5. The number of nitrogens with one attached hydrogen (secondary N) is 2. The molecule has 0 saturated carbocycles. The fourth-order valence-corrected chi connectivity index (χ4v) is 2.16. The molecule has 2 aromatic rings. The summed E-state index contributed by atoms with van der Waals surface area (Å²) < 4.78 is 0. The fraction of sp³-hybridized carbons (Fsp3) is 0.176. The Kier molecular flexibility index (Phi) is 5.12. The van der Waals surface area contributed by atoms with Crippen molar-refractivity contribution in [3.05, 3.63) is 54.1 Å². The molecule has 0 aliphatic carbocycles. The van der Waals surface area contributed by atoms with E-state index in [2.05, 4.69) is 10.6 Å². The highest BCUT2D eigenvalue weighted by Gasteiger charge is 2.02. The number of hydrogen-bond donors (Lipinski definition) is 2. The van der Waals surface area contributed by atoms with Crippen molar-refractivity contribution in [1.29, 1.82) is 0 Å². The van der Waals surface area contributed by atoms with Gasteiger partial charge in [0.25, 0.3) is 0 Å². The van der Waals surface area contributed by atoms with Crippen LogP contribution in [0, 0.1) is 0 Å². The molecule has 0 atom stereocenters. The van der Waals surface area contributed by atoms with Crippen molar-refractivity contribution in [2.75, 3.05) is 29.6 Å². The Hall–Kier alpha value is -2.40. The number of thiocarbonyl (C=S) groups is 1. The number of anilines is 3. The predicted octanol–water partition coefficient (Wildman–Crippen LogP) is 3.76. The maximum atomic E-state index is 11.2. The summed E-state index contributed by atoms with van der Waals surface area (Å²) in [4.78, 5) is 13.3. The molecule has 0 bridgehead atoms. The number of nitrogens with zero attached hydrogens (tertiary/aromatic N) is 1. The van der Waals surface area contributed by atoms with Gasteiger partial charge in [0, 0.05) is 36.7 Å². The lowest BCUT2D eigenvalue weighted by Crippen LogP contribution is -2.19. The van der Waals surface area contributed by atoms with Crippen molar-refractivity contribution in [1.82, 2.24) is 0 Å². The van der Waals surface area contributed by atoms with Gasteiger partial charge in [0.2, 0.25) is 0 Å². The molecule has 0 amide bonds. The van der Waals surface area contributed by atoms with Crippen molar-refractivity contribution in [2.45, 2.75) is 6.92 Å². The van der Waals surface area contributed by atoms with Crippen LogP contribution in [0.2, 0.25) is 0 Å². The van der Waals surface area contributed by atoms with Gasteiger partial charge in [-0.3, -0.25) is 4.79 Å². The molecule has 0 fully saturated rings. The van der Waals surface area contributed by atoms with E-state index in [9.17, 15) is 4.79 Å². The Labute approximate surface area is 136 Å². The molecule has 5 heteroatoms. The maximum absolute atomic E-state index is 11.2. The Bertz CT molecular complexity index is 663. The van der Waals surface area contributed by atoms with Crippen molar-refractivity contribution >= 4 is 40.2 Å². The summed E-state index contributed by atoms with van der Waals surface area (Å²) in [6, 6.07) is 15.2. The zero-order valence-corrected chi connectivity index (χ0v) is 13.7. The molecule has 0 radical (unpaired) electrons. The van der Waals surface area contributed by atoms with E-state index >= 15 is 0 Å². The van der Waals surface area contributed by atoms with E-state index in [1.54, 1.807) is 19.1 Å². The molecule has 0 aliphatic rings. The summed E-state index contributed by atoms with van der Waals surface area (Å²) in [5.41, 5.74) is 3.57. The Morgan fingerprint density at radius 3 is 1.77 bits per heavy atom. The number of Topliss-reactive ketones (excluding diaryl/α,β-unsaturated/α-hetero) is 1. The van der Waals surface area contributed by atoms with E-state index in [1.165, 1.54) is 0 Å². The quantitative estimate of drug-likeness (QED) is 0.664. The zero-order valence-electron chi connectivity index (χ0n) is 12.9. The van der Waals surface area contributed by atoms with Crippen LogP contribution in [0.3, 0.4) is 0 Å². The van der Waals surface area contributed by atoms with E-state index < -0.39 is 0 Å². The third-order valence-corrected chi connectivity index (χ3v) is 3.39. The minimum Gasteiger partial charge on any atom is -0.378 e. The van der Waals surface area contributed by atoms with E-state index in [1.807, 2.05) is 55.4 Å². The van der Waals surface area contributed by atoms with Gasteiger partial charge in [0.15, 0.2) is 10.9 Å². The summed E-state index contributed by atoms with van der Waals surface area (Å²) in [6.45, 7) is 1.55. The highest BCUT2D eigenvalue weighted by molar-refractivity contribution is 7.80. The number of ketones is 1. The standard InChI is InChI=1S/C17H19N3OS/c1-12(21)13-4-6-14(7-5-13)18-17(22)19-15-8-10-16(11-9-15)20(2)3/h4-11H,1-3H3,(H2,18,19,22). The van der Waals surface area contributed by atoms with Gasteiger partial charge < -0.3 is 15.5 Å². The molecule has 2 aromatic carbocycles. The number of rotatable bonds is 4. The number of carbonyl (C=O) groups excluding carboxylic acids is 1. The van der Waals surface area contributed by atoms with Crippen LogP contribution in [-0.2, 0) is 0 Å².